The van der Waals surface area contributed by atoms with Gasteiger partial charge < -0.3 is 10.4 Å². The van der Waals surface area contributed by atoms with Crippen LogP contribution in [0, 0.1) is 19.3 Å². The van der Waals surface area contributed by atoms with Gasteiger partial charge in [-0.1, -0.05) is 5.92 Å². The zero-order chi connectivity index (χ0) is 12.7. The van der Waals surface area contributed by atoms with Crippen LogP contribution in [0.1, 0.15) is 15.9 Å². The summed E-state index contributed by atoms with van der Waals surface area (Å²) in [7, 11) is 0. The van der Waals surface area contributed by atoms with Crippen LogP contribution in [-0.4, -0.2) is 34.1 Å². The van der Waals surface area contributed by atoms with Gasteiger partial charge in [0.2, 0.25) is 0 Å². The molecular formula is C12H14N2O2S. The monoisotopic (exact) mass is 250 g/mol. The second kappa shape index (κ2) is 6.81. The van der Waals surface area contributed by atoms with Crippen molar-refractivity contribution < 1.29 is 9.90 Å². The molecule has 0 saturated carbocycles. The van der Waals surface area contributed by atoms with Crippen molar-refractivity contribution in [2.45, 2.75) is 6.92 Å². The van der Waals surface area contributed by atoms with E-state index in [0.29, 0.717) is 23.7 Å². The maximum Gasteiger partial charge on any atom is 0.339 e. The first-order valence-corrected chi connectivity index (χ1v) is 6.26. The largest absolute Gasteiger partial charge is 0.478 e. The number of aromatic carboxylic acids is 1. The summed E-state index contributed by atoms with van der Waals surface area (Å²) < 4.78 is 0. The van der Waals surface area contributed by atoms with Gasteiger partial charge >= 0.3 is 5.97 Å². The predicted octanol–water partition coefficient (Wildman–Crippen LogP) is 1.87. The van der Waals surface area contributed by atoms with Gasteiger partial charge in [0.15, 0.2) is 0 Å². The van der Waals surface area contributed by atoms with E-state index in [4.69, 9.17) is 11.5 Å². The van der Waals surface area contributed by atoms with Crippen LogP contribution in [0.15, 0.2) is 12.3 Å². The van der Waals surface area contributed by atoms with Crippen LogP contribution >= 0.6 is 11.8 Å². The lowest BCUT2D eigenvalue weighted by Gasteiger charge is -2.09. The molecule has 1 aromatic rings. The first-order chi connectivity index (χ1) is 8.16. The minimum atomic E-state index is -0.964. The number of anilines is 1. The zero-order valence-corrected chi connectivity index (χ0v) is 10.4. The highest BCUT2D eigenvalue weighted by molar-refractivity contribution is 7.99. The normalized spacial score (nSPS) is 9.65. The number of carboxylic acids is 1. The molecule has 90 valence electrons. The Morgan fingerprint density at radius 1 is 1.71 bits per heavy atom. The first-order valence-electron chi connectivity index (χ1n) is 5.10. The SMILES string of the molecule is C#CCSCCNc1nccc(C)c1C(=O)O. The Balaban J connectivity index is 2.62. The summed E-state index contributed by atoms with van der Waals surface area (Å²) >= 11 is 1.62. The summed E-state index contributed by atoms with van der Waals surface area (Å²) in [5.41, 5.74) is 0.931. The van der Waals surface area contributed by atoms with E-state index >= 15 is 0 Å². The summed E-state index contributed by atoms with van der Waals surface area (Å²) in [4.78, 5) is 15.1. The van der Waals surface area contributed by atoms with E-state index in [1.54, 1.807) is 30.9 Å². The molecule has 0 fully saturated rings. The molecule has 4 nitrogen and oxygen atoms in total. The van der Waals surface area contributed by atoms with Crippen molar-refractivity contribution in [1.29, 1.82) is 0 Å². The Morgan fingerprint density at radius 2 is 2.47 bits per heavy atom. The molecule has 0 radical (unpaired) electrons. The van der Waals surface area contributed by atoms with Gasteiger partial charge in [-0.05, 0) is 18.6 Å². The minimum Gasteiger partial charge on any atom is -0.478 e. The van der Waals surface area contributed by atoms with Crippen LogP contribution in [0.3, 0.4) is 0 Å². The highest BCUT2D eigenvalue weighted by Gasteiger charge is 2.13. The van der Waals surface area contributed by atoms with E-state index < -0.39 is 5.97 Å². The number of aryl methyl sites for hydroxylation is 1. The number of aromatic nitrogens is 1. The number of hydrogen-bond donors (Lipinski definition) is 2. The minimum absolute atomic E-state index is 0.231. The molecule has 0 aromatic carbocycles. The molecule has 1 rings (SSSR count). The van der Waals surface area contributed by atoms with E-state index in [1.165, 1.54) is 0 Å². The van der Waals surface area contributed by atoms with Crippen molar-refractivity contribution in [3.05, 3.63) is 23.4 Å². The van der Waals surface area contributed by atoms with Gasteiger partial charge in [0.1, 0.15) is 11.4 Å². The van der Waals surface area contributed by atoms with Crippen LogP contribution in [0.5, 0.6) is 0 Å². The Labute approximate surface area is 105 Å². The molecule has 1 aromatic heterocycles. The molecule has 0 aliphatic heterocycles. The van der Waals surface area contributed by atoms with E-state index in [9.17, 15) is 4.79 Å². The van der Waals surface area contributed by atoms with Gasteiger partial charge in [-0.25, -0.2) is 9.78 Å². The molecule has 0 aliphatic carbocycles. The van der Waals surface area contributed by atoms with Gasteiger partial charge in [0, 0.05) is 18.5 Å². The third kappa shape index (κ3) is 4.00. The van der Waals surface area contributed by atoms with E-state index in [0.717, 1.165) is 5.75 Å². The molecule has 1 heterocycles. The number of rotatable bonds is 6. The Hall–Kier alpha value is -1.67. The number of nitrogens with one attached hydrogen (secondary N) is 1. The number of terminal acetylenes is 1. The van der Waals surface area contributed by atoms with Crippen molar-refractivity contribution in [3.8, 4) is 12.3 Å². The molecule has 17 heavy (non-hydrogen) atoms. The smallest absolute Gasteiger partial charge is 0.339 e. The van der Waals surface area contributed by atoms with E-state index in [2.05, 4.69) is 16.2 Å². The number of nitrogens with zero attached hydrogens (tertiary/aromatic N) is 1. The number of hydrogen-bond acceptors (Lipinski definition) is 4. The molecular weight excluding hydrogens is 236 g/mol. The van der Waals surface area contributed by atoms with Gasteiger partial charge in [0.05, 0.1) is 5.75 Å². The quantitative estimate of drug-likeness (QED) is 0.596. The summed E-state index contributed by atoms with van der Waals surface area (Å²) in [6.45, 7) is 2.40. The first kappa shape index (κ1) is 13.4. The van der Waals surface area contributed by atoms with Gasteiger partial charge in [-0.15, -0.1) is 18.2 Å². The van der Waals surface area contributed by atoms with Crippen molar-refractivity contribution in [2.75, 3.05) is 23.4 Å². The standard InChI is InChI=1S/C12H14N2O2S/c1-3-7-17-8-6-14-11-10(12(15)16)9(2)4-5-13-11/h1,4-5H,6-8H2,2H3,(H,13,14)(H,15,16). The third-order valence-electron chi connectivity index (χ3n) is 2.10. The van der Waals surface area contributed by atoms with Gasteiger partial charge in [-0.2, -0.15) is 0 Å². The van der Waals surface area contributed by atoms with Crippen molar-refractivity contribution >= 4 is 23.5 Å². The Bertz CT molecular complexity index is 441. The molecule has 0 bridgehead atoms. The molecule has 0 unspecified atom stereocenters. The van der Waals surface area contributed by atoms with Gasteiger partial charge in [0.25, 0.3) is 0 Å². The van der Waals surface area contributed by atoms with Crippen molar-refractivity contribution in [3.63, 3.8) is 0 Å². The van der Waals surface area contributed by atoms with Crippen LogP contribution in [0.25, 0.3) is 0 Å². The summed E-state index contributed by atoms with van der Waals surface area (Å²) in [6, 6.07) is 1.68. The van der Waals surface area contributed by atoms with E-state index in [1.807, 2.05) is 0 Å². The Kier molecular flexibility index (Phi) is 5.37. The summed E-state index contributed by atoms with van der Waals surface area (Å²) in [6.07, 6.45) is 6.72. The van der Waals surface area contributed by atoms with Crippen LogP contribution in [-0.2, 0) is 0 Å². The molecule has 0 atom stereocenters. The number of carbonyl (C=O) groups is 1. The lowest BCUT2D eigenvalue weighted by Crippen LogP contribution is -2.12. The Morgan fingerprint density at radius 3 is 3.12 bits per heavy atom. The summed E-state index contributed by atoms with van der Waals surface area (Å²) in [5, 5.41) is 12.1. The topological polar surface area (TPSA) is 62.2 Å². The van der Waals surface area contributed by atoms with Crippen LogP contribution in [0.2, 0.25) is 0 Å². The number of carboxylic acid groups (broad SMARTS) is 1. The summed E-state index contributed by atoms with van der Waals surface area (Å²) in [5.74, 6) is 3.46. The second-order valence-corrected chi connectivity index (χ2v) is 4.45. The second-order valence-electron chi connectivity index (χ2n) is 3.34. The molecule has 0 spiro atoms. The third-order valence-corrected chi connectivity index (χ3v) is 2.96. The fourth-order valence-corrected chi connectivity index (χ4v) is 1.84. The predicted molar refractivity (Wildman–Crippen MR) is 70.6 cm³/mol. The van der Waals surface area contributed by atoms with Crippen LogP contribution in [0.4, 0.5) is 5.82 Å². The van der Waals surface area contributed by atoms with Crippen molar-refractivity contribution in [2.24, 2.45) is 0 Å². The zero-order valence-electron chi connectivity index (χ0n) is 9.56. The molecule has 0 aliphatic rings. The molecule has 2 N–H and O–H groups in total. The highest BCUT2D eigenvalue weighted by atomic mass is 32.2. The fourth-order valence-electron chi connectivity index (χ4n) is 1.33. The number of thioether (sulfide) groups is 1. The van der Waals surface area contributed by atoms with Crippen LogP contribution < -0.4 is 5.32 Å². The lowest BCUT2D eigenvalue weighted by atomic mass is 10.1. The number of pyridine rings is 1. The maximum atomic E-state index is 11.1. The molecule has 5 heteroatoms. The lowest BCUT2D eigenvalue weighted by molar-refractivity contribution is 0.0697. The van der Waals surface area contributed by atoms with Gasteiger partial charge in [-0.3, -0.25) is 0 Å². The average Bonchev–Trinajstić information content (AvgIpc) is 2.28. The molecule has 0 saturated heterocycles. The van der Waals surface area contributed by atoms with E-state index in [-0.39, 0.29) is 5.56 Å². The van der Waals surface area contributed by atoms with Crippen molar-refractivity contribution in [1.82, 2.24) is 4.98 Å². The molecule has 0 amide bonds. The highest BCUT2D eigenvalue weighted by Crippen LogP contribution is 2.16. The fraction of sp³-hybridized carbons (Fsp3) is 0.333. The maximum absolute atomic E-state index is 11.1. The average molecular weight is 250 g/mol.